The average Bonchev–Trinajstić information content (AvgIpc) is 2.34. The Morgan fingerprint density at radius 1 is 1.80 bits per heavy atom. The molecule has 1 rings (SSSR count). The lowest BCUT2D eigenvalue weighted by Gasteiger charge is -1.92. The number of halogens is 1. The second kappa shape index (κ2) is 2.76. The summed E-state index contributed by atoms with van der Waals surface area (Å²) in [7, 11) is 0. The molecule has 0 bridgehead atoms. The first-order valence-corrected chi connectivity index (χ1v) is 3.37. The van der Waals surface area contributed by atoms with E-state index in [0.29, 0.717) is 0 Å². The Labute approximate surface area is 60.6 Å². The Hall–Kier alpha value is -0.940. The highest BCUT2D eigenvalue weighted by molar-refractivity contribution is 7.12. The van der Waals surface area contributed by atoms with E-state index in [0.717, 1.165) is 11.3 Å². The minimum atomic E-state index is -0.590. The molecule has 0 atom stereocenters. The highest BCUT2D eigenvalue weighted by atomic mass is 32.1. The van der Waals surface area contributed by atoms with Gasteiger partial charge in [-0.15, -0.1) is 11.3 Å². The highest BCUT2D eigenvalue weighted by Crippen LogP contribution is 2.13. The number of hydrogen-bond acceptors (Lipinski definition) is 3. The van der Waals surface area contributed by atoms with Crippen LogP contribution < -0.4 is 11.3 Å². The van der Waals surface area contributed by atoms with Gasteiger partial charge in [0.25, 0.3) is 5.91 Å². The van der Waals surface area contributed by atoms with Crippen LogP contribution in [-0.2, 0) is 0 Å². The normalized spacial score (nSPS) is 9.40. The molecule has 10 heavy (non-hydrogen) atoms. The minimum Gasteiger partial charge on any atom is -0.289 e. The number of carbonyl (C=O) groups is 1. The van der Waals surface area contributed by atoms with Crippen LogP contribution in [0, 0.1) is 5.82 Å². The molecule has 0 aliphatic heterocycles. The summed E-state index contributed by atoms with van der Waals surface area (Å²) in [4.78, 5) is 10.6. The maximum Gasteiger partial charge on any atom is 0.278 e. The third-order valence-electron chi connectivity index (χ3n) is 0.955. The summed E-state index contributed by atoms with van der Waals surface area (Å²) in [5, 5.41) is 1.49. The zero-order valence-corrected chi connectivity index (χ0v) is 5.74. The predicted molar refractivity (Wildman–Crippen MR) is 35.9 cm³/mol. The number of hydrazine groups is 1. The van der Waals surface area contributed by atoms with Gasteiger partial charge in [0.15, 0.2) is 0 Å². The molecule has 0 saturated heterocycles. The van der Waals surface area contributed by atoms with Crippen LogP contribution in [0.4, 0.5) is 4.39 Å². The smallest absolute Gasteiger partial charge is 0.278 e. The van der Waals surface area contributed by atoms with Crippen molar-refractivity contribution in [3.05, 3.63) is 22.1 Å². The van der Waals surface area contributed by atoms with Crippen molar-refractivity contribution < 1.29 is 9.18 Å². The van der Waals surface area contributed by atoms with Crippen molar-refractivity contribution in [1.29, 1.82) is 0 Å². The van der Waals surface area contributed by atoms with Crippen molar-refractivity contribution in [3.63, 3.8) is 0 Å². The summed E-state index contributed by atoms with van der Waals surface area (Å²) >= 11 is 1.02. The van der Waals surface area contributed by atoms with Gasteiger partial charge in [0.05, 0.1) is 0 Å². The highest BCUT2D eigenvalue weighted by Gasteiger charge is 2.10. The molecule has 0 unspecified atom stereocenters. The number of hydrogen-bond donors (Lipinski definition) is 2. The van der Waals surface area contributed by atoms with Crippen LogP contribution >= 0.6 is 11.3 Å². The number of rotatable bonds is 1. The number of nitrogens with one attached hydrogen (secondary N) is 1. The van der Waals surface area contributed by atoms with E-state index < -0.39 is 11.7 Å². The molecule has 1 aromatic rings. The zero-order valence-electron chi connectivity index (χ0n) is 4.93. The molecule has 0 aliphatic rings. The summed E-state index contributed by atoms with van der Waals surface area (Å²) in [5.41, 5.74) is 1.84. The Kier molecular flexibility index (Phi) is 1.98. The largest absolute Gasteiger partial charge is 0.289 e. The summed E-state index contributed by atoms with van der Waals surface area (Å²) in [6, 6.07) is 1.22. The monoisotopic (exact) mass is 160 g/mol. The van der Waals surface area contributed by atoms with Crippen molar-refractivity contribution in [2.75, 3.05) is 0 Å². The molecule has 5 heteroatoms. The predicted octanol–water partition coefficient (Wildman–Crippen LogP) is 0.491. The standard InChI is InChI=1S/C5H5FN2OS/c6-3-1-2-10-4(3)5(9)8-7/h1-2H,7H2,(H,8,9). The lowest BCUT2D eigenvalue weighted by molar-refractivity contribution is 0.0954. The van der Waals surface area contributed by atoms with E-state index in [1.54, 1.807) is 0 Å². The summed E-state index contributed by atoms with van der Waals surface area (Å²) < 4.78 is 12.5. The van der Waals surface area contributed by atoms with Gasteiger partial charge in [0.2, 0.25) is 0 Å². The van der Waals surface area contributed by atoms with E-state index in [9.17, 15) is 9.18 Å². The molecule has 0 aliphatic carbocycles. The number of carbonyl (C=O) groups excluding carboxylic acids is 1. The molecule has 0 spiro atoms. The van der Waals surface area contributed by atoms with Crippen LogP contribution in [0.1, 0.15) is 9.67 Å². The van der Waals surface area contributed by atoms with Crippen molar-refractivity contribution in [3.8, 4) is 0 Å². The second-order valence-electron chi connectivity index (χ2n) is 1.57. The maximum absolute atomic E-state index is 12.5. The third kappa shape index (κ3) is 1.14. The van der Waals surface area contributed by atoms with Gasteiger partial charge in [-0.05, 0) is 11.4 Å². The number of amides is 1. The first-order valence-electron chi connectivity index (χ1n) is 2.49. The minimum absolute atomic E-state index is 0.0162. The molecule has 0 radical (unpaired) electrons. The van der Waals surface area contributed by atoms with Crippen LogP contribution in [0.2, 0.25) is 0 Å². The van der Waals surface area contributed by atoms with Gasteiger partial charge >= 0.3 is 0 Å². The lowest BCUT2D eigenvalue weighted by Crippen LogP contribution is -2.29. The molecule has 3 nitrogen and oxygen atoms in total. The van der Waals surface area contributed by atoms with Gasteiger partial charge in [-0.2, -0.15) is 0 Å². The van der Waals surface area contributed by atoms with Crippen molar-refractivity contribution in [2.45, 2.75) is 0 Å². The van der Waals surface area contributed by atoms with E-state index in [4.69, 9.17) is 5.84 Å². The fourth-order valence-corrected chi connectivity index (χ4v) is 1.19. The molecule has 0 fully saturated rings. The number of nitrogens with two attached hydrogens (primary N) is 1. The molecule has 1 heterocycles. The quantitative estimate of drug-likeness (QED) is 0.357. The van der Waals surface area contributed by atoms with Crippen LogP contribution in [-0.4, -0.2) is 5.91 Å². The van der Waals surface area contributed by atoms with E-state index in [1.165, 1.54) is 11.4 Å². The van der Waals surface area contributed by atoms with Crippen molar-refractivity contribution >= 4 is 17.2 Å². The van der Waals surface area contributed by atoms with Crippen LogP contribution in [0.3, 0.4) is 0 Å². The van der Waals surface area contributed by atoms with Gasteiger partial charge in [-0.3, -0.25) is 10.2 Å². The first-order chi connectivity index (χ1) is 4.75. The Morgan fingerprint density at radius 3 is 2.90 bits per heavy atom. The molecular formula is C5H5FN2OS. The third-order valence-corrected chi connectivity index (χ3v) is 1.84. The molecule has 1 aromatic heterocycles. The van der Waals surface area contributed by atoms with Crippen molar-refractivity contribution in [1.82, 2.24) is 5.43 Å². The fourth-order valence-electron chi connectivity index (χ4n) is 0.521. The van der Waals surface area contributed by atoms with Gasteiger partial charge in [-0.25, -0.2) is 10.2 Å². The van der Waals surface area contributed by atoms with E-state index in [2.05, 4.69) is 0 Å². The molecule has 1 amide bonds. The summed E-state index contributed by atoms with van der Waals surface area (Å²) in [6.07, 6.45) is 0. The average molecular weight is 160 g/mol. The van der Waals surface area contributed by atoms with Gasteiger partial charge in [0.1, 0.15) is 10.7 Å². The first kappa shape index (κ1) is 7.17. The molecule has 3 N–H and O–H groups in total. The molecule has 54 valence electrons. The molecular weight excluding hydrogens is 155 g/mol. The zero-order chi connectivity index (χ0) is 7.56. The van der Waals surface area contributed by atoms with Crippen molar-refractivity contribution in [2.24, 2.45) is 5.84 Å². The molecule has 0 saturated carbocycles. The lowest BCUT2D eigenvalue weighted by atomic mass is 10.4. The summed E-state index contributed by atoms with van der Waals surface area (Å²) in [5.74, 6) is 3.65. The van der Waals surface area contributed by atoms with E-state index in [1.807, 2.05) is 5.43 Å². The van der Waals surface area contributed by atoms with Gasteiger partial charge in [-0.1, -0.05) is 0 Å². The topological polar surface area (TPSA) is 55.1 Å². The fraction of sp³-hybridized carbons (Fsp3) is 0. The Morgan fingerprint density at radius 2 is 2.50 bits per heavy atom. The van der Waals surface area contributed by atoms with E-state index >= 15 is 0 Å². The van der Waals surface area contributed by atoms with Crippen LogP contribution in [0.25, 0.3) is 0 Å². The maximum atomic E-state index is 12.5. The Bertz CT molecular complexity index is 248. The van der Waals surface area contributed by atoms with Crippen LogP contribution in [0.15, 0.2) is 11.4 Å². The number of nitrogen functional groups attached to an aromatic ring is 1. The number of thiophene rings is 1. The summed E-state index contributed by atoms with van der Waals surface area (Å²) in [6.45, 7) is 0. The van der Waals surface area contributed by atoms with Gasteiger partial charge < -0.3 is 0 Å². The SMILES string of the molecule is NNC(=O)c1sccc1F. The molecule has 0 aromatic carbocycles. The van der Waals surface area contributed by atoms with Crippen LogP contribution in [0.5, 0.6) is 0 Å². The van der Waals surface area contributed by atoms with Gasteiger partial charge in [0, 0.05) is 0 Å². The second-order valence-corrected chi connectivity index (χ2v) is 2.49. The van der Waals surface area contributed by atoms with E-state index in [-0.39, 0.29) is 4.88 Å². The Balaban J connectivity index is 2.93.